The van der Waals surface area contributed by atoms with Crippen molar-refractivity contribution in [2.45, 2.75) is 13.8 Å². The fourth-order valence-electron chi connectivity index (χ4n) is 2.63. The Morgan fingerprint density at radius 2 is 1.54 bits per heavy atom. The van der Waals surface area contributed by atoms with Crippen molar-refractivity contribution < 1.29 is 24.1 Å². The van der Waals surface area contributed by atoms with E-state index in [1.807, 2.05) is 55.5 Å². The number of nitrogens with zero attached hydrogens (tertiary/aromatic N) is 1. The van der Waals surface area contributed by atoms with Gasteiger partial charge in [-0.1, -0.05) is 24.3 Å². The van der Waals surface area contributed by atoms with Crippen LogP contribution in [0.2, 0.25) is 0 Å². The minimum Gasteiger partial charge on any atom is -0.490 e. The molecule has 0 aliphatic carbocycles. The number of hydrogen-bond donors (Lipinski definition) is 1. The van der Waals surface area contributed by atoms with E-state index < -0.39 is 5.97 Å². The molecule has 1 N–H and O–H groups in total. The van der Waals surface area contributed by atoms with Gasteiger partial charge in [-0.2, -0.15) is 0 Å². The molecule has 1 heterocycles. The zero-order chi connectivity index (χ0) is 19.9. The Balaban J connectivity index is 1.66. The number of aryl methyl sites for hydroxylation is 1. The van der Waals surface area contributed by atoms with E-state index in [1.54, 1.807) is 6.92 Å². The van der Waals surface area contributed by atoms with Crippen molar-refractivity contribution >= 4 is 17.3 Å². The maximum Gasteiger partial charge on any atom is 0.347 e. The van der Waals surface area contributed by atoms with E-state index in [0.717, 1.165) is 16.9 Å². The molecule has 0 bridgehead atoms. The molecule has 2 aromatic carbocycles. The lowest BCUT2D eigenvalue weighted by Crippen LogP contribution is -2.10. The Labute approximate surface area is 167 Å². The number of thiazole rings is 1. The van der Waals surface area contributed by atoms with E-state index in [1.165, 1.54) is 0 Å². The standard InChI is InChI=1S/C21H21NO5S/c1-3-25-17-10-6-7-11-18(17)27-13-12-26-16-9-5-4-8-15(16)20-22-14(2)19(28-20)21(23)24/h4-11H,3,12-13H2,1-2H3,(H,23,24). The minimum absolute atomic E-state index is 0.237. The normalized spacial score (nSPS) is 10.5. The summed E-state index contributed by atoms with van der Waals surface area (Å²) in [5, 5.41) is 9.87. The third-order valence-corrected chi connectivity index (χ3v) is 5.03. The predicted octanol–water partition coefficient (Wildman–Crippen LogP) is 4.67. The number of hydrogen-bond acceptors (Lipinski definition) is 6. The first-order valence-corrected chi connectivity index (χ1v) is 9.69. The van der Waals surface area contributed by atoms with E-state index in [2.05, 4.69) is 4.98 Å². The van der Waals surface area contributed by atoms with E-state index in [0.29, 0.717) is 47.8 Å². The number of rotatable bonds is 9. The molecule has 28 heavy (non-hydrogen) atoms. The number of carboxylic acid groups (broad SMARTS) is 1. The van der Waals surface area contributed by atoms with Gasteiger partial charge < -0.3 is 19.3 Å². The van der Waals surface area contributed by atoms with Crippen molar-refractivity contribution in [3.63, 3.8) is 0 Å². The van der Waals surface area contributed by atoms with Crippen LogP contribution in [0, 0.1) is 6.92 Å². The molecular weight excluding hydrogens is 378 g/mol. The highest BCUT2D eigenvalue weighted by atomic mass is 32.1. The fraction of sp³-hybridized carbons (Fsp3) is 0.238. The van der Waals surface area contributed by atoms with Crippen LogP contribution in [0.5, 0.6) is 17.2 Å². The van der Waals surface area contributed by atoms with Crippen molar-refractivity contribution in [3.05, 3.63) is 59.1 Å². The third-order valence-electron chi connectivity index (χ3n) is 3.86. The van der Waals surface area contributed by atoms with Crippen LogP contribution >= 0.6 is 11.3 Å². The summed E-state index contributed by atoms with van der Waals surface area (Å²) in [7, 11) is 0. The van der Waals surface area contributed by atoms with E-state index in [4.69, 9.17) is 14.2 Å². The topological polar surface area (TPSA) is 77.9 Å². The van der Waals surface area contributed by atoms with Crippen LogP contribution in [-0.4, -0.2) is 35.9 Å². The summed E-state index contributed by atoms with van der Waals surface area (Å²) in [5.74, 6) is 1.03. The largest absolute Gasteiger partial charge is 0.490 e. The average molecular weight is 399 g/mol. The van der Waals surface area contributed by atoms with Crippen LogP contribution in [0.25, 0.3) is 10.6 Å². The van der Waals surface area contributed by atoms with Gasteiger partial charge >= 0.3 is 5.97 Å². The van der Waals surface area contributed by atoms with Crippen LogP contribution in [0.1, 0.15) is 22.3 Å². The second kappa shape index (κ2) is 9.23. The van der Waals surface area contributed by atoms with Crippen molar-refractivity contribution in [1.29, 1.82) is 0 Å². The number of aromatic nitrogens is 1. The van der Waals surface area contributed by atoms with Crippen LogP contribution in [0.15, 0.2) is 48.5 Å². The lowest BCUT2D eigenvalue weighted by atomic mass is 10.2. The molecule has 0 amide bonds. The van der Waals surface area contributed by atoms with E-state index in [-0.39, 0.29) is 4.88 Å². The van der Waals surface area contributed by atoms with Gasteiger partial charge in [0.05, 0.1) is 17.9 Å². The molecule has 6 nitrogen and oxygen atoms in total. The highest BCUT2D eigenvalue weighted by Crippen LogP contribution is 2.34. The number of aromatic carboxylic acids is 1. The van der Waals surface area contributed by atoms with Gasteiger partial charge in [0.15, 0.2) is 11.5 Å². The number of carbonyl (C=O) groups is 1. The second-order valence-corrected chi connectivity index (χ2v) is 6.81. The molecular formula is C21H21NO5S. The summed E-state index contributed by atoms with van der Waals surface area (Å²) in [5.41, 5.74) is 1.26. The van der Waals surface area contributed by atoms with Gasteiger partial charge in [0.1, 0.15) is 28.8 Å². The Kier molecular flexibility index (Phi) is 6.49. The average Bonchev–Trinajstić information content (AvgIpc) is 3.09. The Morgan fingerprint density at radius 1 is 0.964 bits per heavy atom. The summed E-state index contributed by atoms with van der Waals surface area (Å²) >= 11 is 1.14. The Bertz CT molecular complexity index is 953. The molecule has 1 aromatic heterocycles. The molecule has 0 spiro atoms. The highest BCUT2D eigenvalue weighted by molar-refractivity contribution is 7.17. The van der Waals surface area contributed by atoms with Crippen LogP contribution in [0.3, 0.4) is 0 Å². The highest BCUT2D eigenvalue weighted by Gasteiger charge is 2.17. The number of carboxylic acids is 1. The fourth-order valence-corrected chi connectivity index (χ4v) is 3.56. The van der Waals surface area contributed by atoms with Crippen molar-refractivity contribution in [1.82, 2.24) is 4.98 Å². The molecule has 0 unspecified atom stereocenters. The molecule has 7 heteroatoms. The predicted molar refractivity (Wildman–Crippen MR) is 108 cm³/mol. The first-order chi connectivity index (χ1) is 13.6. The summed E-state index contributed by atoms with van der Waals surface area (Å²) in [4.78, 5) is 15.9. The van der Waals surface area contributed by atoms with Crippen LogP contribution in [0.4, 0.5) is 0 Å². The first-order valence-electron chi connectivity index (χ1n) is 8.87. The van der Waals surface area contributed by atoms with Gasteiger partial charge in [-0.05, 0) is 38.1 Å². The van der Waals surface area contributed by atoms with Crippen molar-refractivity contribution in [3.8, 4) is 27.8 Å². The monoisotopic (exact) mass is 399 g/mol. The Morgan fingerprint density at radius 3 is 2.14 bits per heavy atom. The first kappa shape index (κ1) is 19.7. The Hall–Kier alpha value is -3.06. The summed E-state index contributed by atoms with van der Waals surface area (Å²) in [6.07, 6.45) is 0. The molecule has 0 radical (unpaired) electrons. The molecule has 0 aliphatic rings. The number of ether oxygens (including phenoxy) is 3. The number of para-hydroxylation sites is 3. The van der Waals surface area contributed by atoms with Crippen LogP contribution in [-0.2, 0) is 0 Å². The molecule has 0 saturated carbocycles. The minimum atomic E-state index is -0.971. The molecule has 146 valence electrons. The van der Waals surface area contributed by atoms with Crippen LogP contribution < -0.4 is 14.2 Å². The maximum absolute atomic E-state index is 11.3. The second-order valence-electron chi connectivity index (χ2n) is 5.81. The molecule has 3 rings (SSSR count). The van der Waals surface area contributed by atoms with Crippen molar-refractivity contribution in [2.24, 2.45) is 0 Å². The van der Waals surface area contributed by atoms with E-state index >= 15 is 0 Å². The maximum atomic E-state index is 11.3. The van der Waals surface area contributed by atoms with Crippen molar-refractivity contribution in [2.75, 3.05) is 19.8 Å². The quantitative estimate of drug-likeness (QED) is 0.527. The zero-order valence-corrected chi connectivity index (χ0v) is 16.5. The molecule has 0 aliphatic heterocycles. The summed E-state index contributed by atoms with van der Waals surface area (Å²) < 4.78 is 17.2. The van der Waals surface area contributed by atoms with Gasteiger partial charge in [0, 0.05) is 0 Å². The molecule has 0 fully saturated rings. The van der Waals surface area contributed by atoms with Gasteiger partial charge in [0.25, 0.3) is 0 Å². The smallest absolute Gasteiger partial charge is 0.347 e. The lowest BCUT2D eigenvalue weighted by Gasteiger charge is -2.13. The summed E-state index contributed by atoms with van der Waals surface area (Å²) in [6, 6.07) is 14.9. The van der Waals surface area contributed by atoms with Gasteiger partial charge in [-0.3, -0.25) is 0 Å². The third kappa shape index (κ3) is 4.61. The molecule has 3 aromatic rings. The lowest BCUT2D eigenvalue weighted by molar-refractivity contribution is 0.0701. The number of benzene rings is 2. The molecule has 0 atom stereocenters. The van der Waals surface area contributed by atoms with Gasteiger partial charge in [-0.25, -0.2) is 9.78 Å². The van der Waals surface area contributed by atoms with Gasteiger partial charge in [-0.15, -0.1) is 11.3 Å². The SMILES string of the molecule is CCOc1ccccc1OCCOc1ccccc1-c1nc(C)c(C(=O)O)s1. The molecule has 0 saturated heterocycles. The zero-order valence-electron chi connectivity index (χ0n) is 15.7. The van der Waals surface area contributed by atoms with E-state index in [9.17, 15) is 9.90 Å². The van der Waals surface area contributed by atoms with Gasteiger partial charge in [0.2, 0.25) is 0 Å². The summed E-state index contributed by atoms with van der Waals surface area (Å²) in [6.45, 7) is 4.85.